The summed E-state index contributed by atoms with van der Waals surface area (Å²) in [5, 5.41) is 3.13. The highest BCUT2D eigenvalue weighted by Gasteiger charge is 2.16. The van der Waals surface area contributed by atoms with Crippen molar-refractivity contribution in [2.45, 2.75) is 13.0 Å². The lowest BCUT2D eigenvalue weighted by Crippen LogP contribution is -2.34. The standard InChI is InChI=1S/C16H19N3O.ClH/c1-13(14-8-10-17-11-9-14)19(2)16(20)12-18-15-6-4-3-5-7-15;/h3-11,13,18H,12H2,1-2H3;1H. The van der Waals surface area contributed by atoms with Gasteiger partial charge < -0.3 is 10.2 Å². The first-order chi connectivity index (χ1) is 9.68. The molecule has 1 unspecified atom stereocenters. The molecule has 0 saturated heterocycles. The maximum atomic E-state index is 12.2. The number of carbonyl (C=O) groups excluding carboxylic acids is 1. The molecule has 1 heterocycles. The number of nitrogens with one attached hydrogen (secondary N) is 1. The Balaban J connectivity index is 0.00000220. The van der Waals surface area contributed by atoms with Crippen molar-refractivity contribution in [1.29, 1.82) is 0 Å². The normalized spacial score (nSPS) is 11.1. The Kier molecular flexibility index (Phi) is 6.69. The lowest BCUT2D eigenvalue weighted by molar-refractivity contribution is -0.129. The van der Waals surface area contributed by atoms with Crippen molar-refractivity contribution in [3.8, 4) is 0 Å². The topological polar surface area (TPSA) is 45.2 Å². The van der Waals surface area contributed by atoms with Crippen LogP contribution in [-0.4, -0.2) is 29.4 Å². The summed E-state index contributed by atoms with van der Waals surface area (Å²) >= 11 is 0. The van der Waals surface area contributed by atoms with Crippen LogP contribution in [0.3, 0.4) is 0 Å². The maximum Gasteiger partial charge on any atom is 0.242 e. The Bertz CT molecular complexity index is 548. The molecule has 0 aliphatic heterocycles. The van der Waals surface area contributed by atoms with Crippen molar-refractivity contribution < 1.29 is 4.79 Å². The molecule has 0 radical (unpaired) electrons. The lowest BCUT2D eigenvalue weighted by atomic mass is 10.1. The number of hydrogen-bond acceptors (Lipinski definition) is 3. The van der Waals surface area contributed by atoms with Gasteiger partial charge in [-0.3, -0.25) is 9.78 Å². The molecular weight excluding hydrogens is 286 g/mol. The minimum atomic E-state index is 0. The highest BCUT2D eigenvalue weighted by molar-refractivity contribution is 5.85. The van der Waals surface area contributed by atoms with Crippen LogP contribution in [0.15, 0.2) is 54.9 Å². The Hall–Kier alpha value is -2.07. The fourth-order valence-electron chi connectivity index (χ4n) is 1.94. The summed E-state index contributed by atoms with van der Waals surface area (Å²) in [6.07, 6.45) is 3.48. The van der Waals surface area contributed by atoms with E-state index >= 15 is 0 Å². The number of nitrogens with zero attached hydrogens (tertiary/aromatic N) is 2. The number of likely N-dealkylation sites (N-methyl/N-ethyl adjacent to an activating group) is 1. The van der Waals surface area contributed by atoms with Gasteiger partial charge in [0.2, 0.25) is 5.91 Å². The Labute approximate surface area is 131 Å². The van der Waals surface area contributed by atoms with Crippen molar-refractivity contribution in [2.75, 3.05) is 18.9 Å². The van der Waals surface area contributed by atoms with Gasteiger partial charge in [0.25, 0.3) is 0 Å². The quantitative estimate of drug-likeness (QED) is 0.923. The van der Waals surface area contributed by atoms with Crippen LogP contribution in [0.5, 0.6) is 0 Å². The summed E-state index contributed by atoms with van der Waals surface area (Å²) in [5.41, 5.74) is 2.03. The van der Waals surface area contributed by atoms with Crippen LogP contribution >= 0.6 is 12.4 Å². The van der Waals surface area contributed by atoms with Crippen LogP contribution in [-0.2, 0) is 4.79 Å². The molecule has 1 atom stereocenters. The molecule has 5 heteroatoms. The molecule has 21 heavy (non-hydrogen) atoms. The zero-order valence-corrected chi connectivity index (χ0v) is 13.0. The molecule has 0 aliphatic rings. The van der Waals surface area contributed by atoms with Gasteiger partial charge in [-0.05, 0) is 36.8 Å². The first-order valence-electron chi connectivity index (χ1n) is 6.63. The van der Waals surface area contributed by atoms with Crippen molar-refractivity contribution >= 4 is 24.0 Å². The number of para-hydroxylation sites is 1. The van der Waals surface area contributed by atoms with E-state index in [0.717, 1.165) is 11.3 Å². The fraction of sp³-hybridized carbons (Fsp3) is 0.250. The summed E-state index contributed by atoms with van der Waals surface area (Å²) in [7, 11) is 1.82. The molecule has 2 aromatic rings. The van der Waals surface area contributed by atoms with E-state index in [9.17, 15) is 4.79 Å². The second-order valence-electron chi connectivity index (χ2n) is 4.68. The Morgan fingerprint density at radius 2 is 1.81 bits per heavy atom. The van der Waals surface area contributed by atoms with Crippen molar-refractivity contribution in [3.63, 3.8) is 0 Å². The molecular formula is C16H20ClN3O. The minimum absolute atomic E-state index is 0. The van der Waals surface area contributed by atoms with E-state index in [1.54, 1.807) is 17.3 Å². The third-order valence-corrected chi connectivity index (χ3v) is 3.38. The Morgan fingerprint density at radius 3 is 2.43 bits per heavy atom. The van der Waals surface area contributed by atoms with Gasteiger partial charge in [0.1, 0.15) is 0 Å². The zero-order chi connectivity index (χ0) is 14.4. The summed E-state index contributed by atoms with van der Waals surface area (Å²) < 4.78 is 0. The van der Waals surface area contributed by atoms with Crippen LogP contribution in [0.1, 0.15) is 18.5 Å². The predicted octanol–water partition coefficient (Wildman–Crippen LogP) is 3.13. The molecule has 0 spiro atoms. The number of benzene rings is 1. The SMILES string of the molecule is CC(c1ccncc1)N(C)C(=O)CNc1ccccc1.Cl. The fourth-order valence-corrected chi connectivity index (χ4v) is 1.94. The molecule has 0 bridgehead atoms. The number of anilines is 1. The average Bonchev–Trinajstić information content (AvgIpc) is 2.53. The number of amides is 1. The van der Waals surface area contributed by atoms with E-state index < -0.39 is 0 Å². The van der Waals surface area contributed by atoms with Gasteiger partial charge in [0.05, 0.1) is 12.6 Å². The molecule has 1 amide bonds. The third-order valence-electron chi connectivity index (χ3n) is 3.38. The number of aromatic nitrogens is 1. The molecule has 0 fully saturated rings. The van der Waals surface area contributed by atoms with E-state index in [-0.39, 0.29) is 30.9 Å². The molecule has 2 rings (SSSR count). The van der Waals surface area contributed by atoms with Gasteiger partial charge in [0.15, 0.2) is 0 Å². The predicted molar refractivity (Wildman–Crippen MR) is 87.6 cm³/mol. The summed E-state index contributed by atoms with van der Waals surface area (Å²) in [6, 6.07) is 13.6. The van der Waals surface area contributed by atoms with E-state index in [2.05, 4.69) is 10.3 Å². The number of carbonyl (C=O) groups is 1. The second kappa shape index (κ2) is 8.27. The van der Waals surface area contributed by atoms with Gasteiger partial charge >= 0.3 is 0 Å². The van der Waals surface area contributed by atoms with Gasteiger partial charge in [0, 0.05) is 25.1 Å². The minimum Gasteiger partial charge on any atom is -0.376 e. The van der Waals surface area contributed by atoms with Crippen molar-refractivity contribution in [2.24, 2.45) is 0 Å². The number of rotatable bonds is 5. The van der Waals surface area contributed by atoms with E-state index in [4.69, 9.17) is 0 Å². The summed E-state index contributed by atoms with van der Waals surface area (Å²) in [4.78, 5) is 17.9. The second-order valence-corrected chi connectivity index (χ2v) is 4.68. The van der Waals surface area contributed by atoms with Crippen LogP contribution in [0.2, 0.25) is 0 Å². The monoisotopic (exact) mass is 305 g/mol. The molecule has 4 nitrogen and oxygen atoms in total. The van der Waals surface area contributed by atoms with Gasteiger partial charge in [-0.2, -0.15) is 0 Å². The molecule has 1 aromatic heterocycles. The first-order valence-corrected chi connectivity index (χ1v) is 6.63. The van der Waals surface area contributed by atoms with Crippen LogP contribution in [0.4, 0.5) is 5.69 Å². The zero-order valence-electron chi connectivity index (χ0n) is 12.2. The number of hydrogen-bond donors (Lipinski definition) is 1. The third kappa shape index (κ3) is 4.76. The molecule has 0 aliphatic carbocycles. The van der Waals surface area contributed by atoms with Crippen LogP contribution in [0.25, 0.3) is 0 Å². The van der Waals surface area contributed by atoms with Gasteiger partial charge in [-0.1, -0.05) is 18.2 Å². The molecule has 1 aromatic carbocycles. The lowest BCUT2D eigenvalue weighted by Gasteiger charge is -2.25. The Morgan fingerprint density at radius 1 is 1.19 bits per heavy atom. The average molecular weight is 306 g/mol. The van der Waals surface area contributed by atoms with E-state index in [1.807, 2.05) is 56.4 Å². The number of pyridine rings is 1. The molecule has 0 saturated carbocycles. The maximum absolute atomic E-state index is 12.2. The highest BCUT2D eigenvalue weighted by Crippen LogP contribution is 2.17. The van der Waals surface area contributed by atoms with Gasteiger partial charge in [-0.25, -0.2) is 0 Å². The highest BCUT2D eigenvalue weighted by atomic mass is 35.5. The molecule has 1 N–H and O–H groups in total. The van der Waals surface area contributed by atoms with E-state index in [0.29, 0.717) is 0 Å². The first kappa shape index (κ1) is 17.0. The van der Waals surface area contributed by atoms with Crippen LogP contribution < -0.4 is 5.32 Å². The van der Waals surface area contributed by atoms with E-state index in [1.165, 1.54) is 0 Å². The van der Waals surface area contributed by atoms with Crippen LogP contribution in [0, 0.1) is 0 Å². The number of halogens is 1. The van der Waals surface area contributed by atoms with Crippen molar-refractivity contribution in [1.82, 2.24) is 9.88 Å². The van der Waals surface area contributed by atoms with Gasteiger partial charge in [-0.15, -0.1) is 12.4 Å². The smallest absolute Gasteiger partial charge is 0.242 e. The van der Waals surface area contributed by atoms with Crippen molar-refractivity contribution in [3.05, 3.63) is 60.4 Å². The summed E-state index contributed by atoms with van der Waals surface area (Å²) in [5.74, 6) is 0.0539. The molecule has 112 valence electrons. The summed E-state index contributed by atoms with van der Waals surface area (Å²) in [6.45, 7) is 2.30. The largest absolute Gasteiger partial charge is 0.376 e.